The summed E-state index contributed by atoms with van der Waals surface area (Å²) in [5.74, 6) is 0. The maximum atomic E-state index is 4.98. The van der Waals surface area contributed by atoms with E-state index in [0.717, 1.165) is 135 Å². The third-order valence-electron chi connectivity index (χ3n) is 13.2. The SMILES string of the molecule is c1ccc(-c2ccc(-c3cccc(-c4ccc(-c5cc(-c6ccc(-c7cccc(-c8ccc(-c9ccccn9)cn8)n7)nc6)cc(-c6ccc(-c7cccc(-c8ccc(-c9ccccn9)cn8)n7)nc6)c5)cn4)n3)nc2)nc1. The van der Waals surface area contributed by atoms with Crippen LogP contribution in [-0.2, 0) is 0 Å². The molecule has 0 bridgehead atoms. The highest BCUT2D eigenvalue weighted by Gasteiger charge is 2.15. The van der Waals surface area contributed by atoms with Gasteiger partial charge in [0, 0.05) is 89.2 Å². The largest absolute Gasteiger partial charge is 0.256 e. The van der Waals surface area contributed by atoms with Gasteiger partial charge in [-0.2, -0.15) is 0 Å². The minimum Gasteiger partial charge on any atom is -0.256 e. The number of nitrogens with zero attached hydrogens (tertiary/aromatic N) is 12. The Labute approximate surface area is 449 Å². The first-order chi connectivity index (χ1) is 38.6. The molecule has 0 N–H and O–H groups in total. The van der Waals surface area contributed by atoms with E-state index in [2.05, 4.69) is 51.4 Å². The number of hydrogen-bond donors (Lipinski definition) is 0. The molecule has 0 saturated heterocycles. The van der Waals surface area contributed by atoms with Crippen LogP contribution in [0.1, 0.15) is 0 Å². The van der Waals surface area contributed by atoms with E-state index in [0.29, 0.717) is 0 Å². The van der Waals surface area contributed by atoms with Gasteiger partial charge >= 0.3 is 0 Å². The summed E-state index contributed by atoms with van der Waals surface area (Å²) in [6.45, 7) is 0. The van der Waals surface area contributed by atoms with Crippen LogP contribution in [0.4, 0.5) is 0 Å². The van der Waals surface area contributed by atoms with Crippen LogP contribution in [0.3, 0.4) is 0 Å². The van der Waals surface area contributed by atoms with Crippen LogP contribution in [0.5, 0.6) is 0 Å². The molecule has 0 saturated carbocycles. The first kappa shape index (κ1) is 46.8. The smallest absolute Gasteiger partial charge is 0.0894 e. The molecule has 0 amide bonds. The number of pyridine rings is 12. The number of benzene rings is 1. The van der Waals surface area contributed by atoms with Crippen LogP contribution in [-0.4, -0.2) is 59.8 Å². The molecule has 13 rings (SSSR count). The number of hydrogen-bond acceptors (Lipinski definition) is 12. The maximum Gasteiger partial charge on any atom is 0.0894 e. The highest BCUT2D eigenvalue weighted by atomic mass is 14.8. The molecule has 0 spiro atoms. The van der Waals surface area contributed by atoms with Gasteiger partial charge in [0.25, 0.3) is 0 Å². The second-order valence-electron chi connectivity index (χ2n) is 18.3. The first-order valence-corrected chi connectivity index (χ1v) is 25.2. The molecular weight excluding hydrogens is 961 g/mol. The fourth-order valence-corrected chi connectivity index (χ4v) is 9.13. The summed E-state index contributed by atoms with van der Waals surface area (Å²) in [6, 6.07) is 66.0. The number of rotatable bonds is 12. The van der Waals surface area contributed by atoms with Crippen LogP contribution in [0.2, 0.25) is 0 Å². The summed E-state index contributed by atoms with van der Waals surface area (Å²) in [7, 11) is 0. The lowest BCUT2D eigenvalue weighted by atomic mass is 9.94. The fourth-order valence-electron chi connectivity index (χ4n) is 9.13. The Morgan fingerprint density at radius 1 is 0.154 bits per heavy atom. The van der Waals surface area contributed by atoms with Crippen molar-refractivity contribution in [2.45, 2.75) is 0 Å². The summed E-state index contributed by atoms with van der Waals surface area (Å²) in [5.41, 5.74) is 20.1. The van der Waals surface area contributed by atoms with Crippen molar-refractivity contribution in [3.05, 3.63) is 256 Å². The third-order valence-corrected chi connectivity index (χ3v) is 13.2. The highest BCUT2D eigenvalue weighted by Crippen LogP contribution is 2.35. The molecule has 1 aromatic carbocycles. The Morgan fingerprint density at radius 2 is 0.385 bits per heavy atom. The van der Waals surface area contributed by atoms with Crippen molar-refractivity contribution in [1.82, 2.24) is 59.8 Å². The van der Waals surface area contributed by atoms with Crippen molar-refractivity contribution in [2.24, 2.45) is 0 Å². The molecule has 0 radical (unpaired) electrons. The predicted octanol–water partition coefficient (Wildman–Crippen LogP) is 14.4. The van der Waals surface area contributed by atoms with E-state index in [1.54, 1.807) is 18.6 Å². The van der Waals surface area contributed by atoms with E-state index in [4.69, 9.17) is 44.9 Å². The van der Waals surface area contributed by atoms with Crippen molar-refractivity contribution in [1.29, 1.82) is 0 Å². The summed E-state index contributed by atoms with van der Waals surface area (Å²) in [5, 5.41) is 0. The normalized spacial score (nSPS) is 11.1. The Morgan fingerprint density at radius 3 is 0.590 bits per heavy atom. The van der Waals surface area contributed by atoms with Gasteiger partial charge in [0.1, 0.15) is 0 Å². The summed E-state index contributed by atoms with van der Waals surface area (Å²) in [6.07, 6.45) is 16.5. The third kappa shape index (κ3) is 10.0. The zero-order valence-corrected chi connectivity index (χ0v) is 41.6. The van der Waals surface area contributed by atoms with Crippen LogP contribution in [0.15, 0.2) is 256 Å². The Kier molecular flexibility index (Phi) is 12.7. The van der Waals surface area contributed by atoms with Crippen molar-refractivity contribution >= 4 is 0 Å². The van der Waals surface area contributed by atoms with Gasteiger partial charge in [-0.1, -0.05) is 54.6 Å². The van der Waals surface area contributed by atoms with Crippen molar-refractivity contribution in [3.63, 3.8) is 0 Å². The average Bonchev–Trinajstić information content (AvgIpc) is 3.56. The highest BCUT2D eigenvalue weighted by molar-refractivity contribution is 5.82. The lowest BCUT2D eigenvalue weighted by Crippen LogP contribution is -1.94. The molecule has 12 nitrogen and oxygen atoms in total. The van der Waals surface area contributed by atoms with Crippen molar-refractivity contribution < 1.29 is 0 Å². The molecule has 0 aliphatic heterocycles. The Hall–Kier alpha value is -11.0. The second kappa shape index (κ2) is 21.1. The van der Waals surface area contributed by atoms with Crippen LogP contribution in [0.25, 0.3) is 135 Å². The van der Waals surface area contributed by atoms with Crippen molar-refractivity contribution in [3.8, 4) is 135 Å². The molecule has 0 fully saturated rings. The van der Waals surface area contributed by atoms with Gasteiger partial charge in [0.05, 0.1) is 85.4 Å². The fraction of sp³-hybridized carbons (Fsp3) is 0. The van der Waals surface area contributed by atoms with Gasteiger partial charge in [-0.15, -0.1) is 0 Å². The summed E-state index contributed by atoms with van der Waals surface area (Å²) < 4.78 is 0. The average molecular weight is 1000 g/mol. The molecule has 0 aliphatic carbocycles. The molecule has 0 aliphatic rings. The maximum absolute atomic E-state index is 4.98. The lowest BCUT2D eigenvalue weighted by Gasteiger charge is -2.12. The molecule has 12 heteroatoms. The lowest BCUT2D eigenvalue weighted by molar-refractivity contribution is 1.21. The molecule has 13 aromatic rings. The van der Waals surface area contributed by atoms with E-state index < -0.39 is 0 Å². The summed E-state index contributed by atoms with van der Waals surface area (Å²) >= 11 is 0. The first-order valence-electron chi connectivity index (χ1n) is 25.2. The topological polar surface area (TPSA) is 155 Å². The van der Waals surface area contributed by atoms with Gasteiger partial charge < -0.3 is 0 Å². The second-order valence-corrected chi connectivity index (χ2v) is 18.3. The molecule has 78 heavy (non-hydrogen) atoms. The zero-order valence-electron chi connectivity index (χ0n) is 41.6. The monoisotopic (exact) mass is 1000 g/mol. The van der Waals surface area contributed by atoms with E-state index in [-0.39, 0.29) is 0 Å². The van der Waals surface area contributed by atoms with Gasteiger partial charge in [0.15, 0.2) is 0 Å². The van der Waals surface area contributed by atoms with Gasteiger partial charge in [-0.05, 0) is 162 Å². The standard InChI is InChI=1S/C66H42N12/c1-4-31-67-52(10-1)46-22-28-58(73-40-46)64-16-7-13-61(76-64)55-25-19-43(37-70-55)49-34-50(44-20-26-56(71-38-44)62-14-8-17-65(77-62)59-29-23-47(41-74-59)53-11-2-5-32-68-53)36-51(35-49)45-21-27-57(72-39-45)63-15-9-18-66(78-63)60-30-24-48(42-75-60)54-12-3-6-33-69-54/h1-42H. The minimum atomic E-state index is 0.742. The van der Waals surface area contributed by atoms with Gasteiger partial charge in [-0.25, -0.2) is 15.0 Å². The van der Waals surface area contributed by atoms with Crippen molar-refractivity contribution in [2.75, 3.05) is 0 Å². The van der Waals surface area contributed by atoms with E-state index in [1.165, 1.54) is 0 Å². The minimum absolute atomic E-state index is 0.742. The molecule has 0 unspecified atom stereocenters. The molecule has 0 atom stereocenters. The van der Waals surface area contributed by atoms with Crippen LogP contribution in [0, 0.1) is 0 Å². The Balaban J connectivity index is 0.800. The molecule has 366 valence electrons. The van der Waals surface area contributed by atoms with Gasteiger partial charge in [-0.3, -0.25) is 44.9 Å². The zero-order chi connectivity index (χ0) is 52.0. The molecule has 12 aromatic heterocycles. The Bertz CT molecular complexity index is 3740. The van der Waals surface area contributed by atoms with Crippen LogP contribution < -0.4 is 0 Å². The predicted molar refractivity (Wildman–Crippen MR) is 305 cm³/mol. The summed E-state index contributed by atoms with van der Waals surface area (Å²) in [4.78, 5) is 57.4. The molecule has 12 heterocycles. The van der Waals surface area contributed by atoms with Crippen LogP contribution >= 0.6 is 0 Å². The van der Waals surface area contributed by atoms with E-state index in [9.17, 15) is 0 Å². The molecular formula is C66H42N12. The number of aromatic nitrogens is 12. The quantitative estimate of drug-likeness (QED) is 0.114. The van der Waals surface area contributed by atoms with E-state index in [1.807, 2.05) is 201 Å². The van der Waals surface area contributed by atoms with E-state index >= 15 is 0 Å². The van der Waals surface area contributed by atoms with Gasteiger partial charge in [0.2, 0.25) is 0 Å².